The van der Waals surface area contributed by atoms with Gasteiger partial charge >= 0.3 is 5.97 Å². The van der Waals surface area contributed by atoms with Crippen LogP contribution in [-0.2, 0) is 14.3 Å². The number of rotatable bonds is 55. The van der Waals surface area contributed by atoms with E-state index in [1.165, 1.54) is 225 Å². The Hall–Kier alpha value is -1.92. The van der Waals surface area contributed by atoms with Crippen molar-refractivity contribution in [1.82, 2.24) is 5.32 Å². The van der Waals surface area contributed by atoms with Crippen LogP contribution < -0.4 is 5.32 Å². The topological polar surface area (TPSA) is 95.9 Å². The Morgan fingerprint density at radius 2 is 0.746 bits per heavy atom. The van der Waals surface area contributed by atoms with Gasteiger partial charge in [0, 0.05) is 12.8 Å². The molecule has 0 heterocycles. The molecule has 0 rings (SSSR count). The van der Waals surface area contributed by atoms with Crippen LogP contribution in [0.25, 0.3) is 0 Å². The van der Waals surface area contributed by atoms with Crippen molar-refractivity contribution in [3.8, 4) is 0 Å². The highest BCUT2D eigenvalue weighted by atomic mass is 16.5. The second-order valence-corrected chi connectivity index (χ2v) is 20.3. The fraction of sp³-hybridized carbons (Fsp3) is 0.869. The molecule has 0 aliphatic carbocycles. The standard InChI is InChI=1S/C61H115NO5/c1-3-5-7-9-11-13-15-16-17-28-31-35-39-43-47-51-55-61(66)67-56-52-48-44-40-36-32-29-26-24-22-20-18-19-21-23-25-27-30-34-38-42-46-50-54-60(65)62-58(57-63)59(64)53-49-45-41-37-33-14-12-10-8-6-4-2/h17-18,20-21,23,28,58-59,63-64H,3-16,19,22,24-27,29-57H2,1-2H3,(H,62,65)/b20-18-,23-21-,28-17-. The van der Waals surface area contributed by atoms with E-state index in [1.54, 1.807) is 0 Å². The summed E-state index contributed by atoms with van der Waals surface area (Å²) in [6.45, 7) is 4.93. The second-order valence-electron chi connectivity index (χ2n) is 20.3. The van der Waals surface area contributed by atoms with Crippen LogP contribution in [0.5, 0.6) is 0 Å². The van der Waals surface area contributed by atoms with Gasteiger partial charge in [-0.1, -0.05) is 256 Å². The van der Waals surface area contributed by atoms with Crippen molar-refractivity contribution >= 4 is 11.9 Å². The van der Waals surface area contributed by atoms with Gasteiger partial charge in [-0.3, -0.25) is 9.59 Å². The van der Waals surface area contributed by atoms with E-state index in [4.69, 9.17) is 4.74 Å². The normalized spacial score (nSPS) is 12.8. The maximum absolute atomic E-state index is 12.4. The average molecular weight is 943 g/mol. The van der Waals surface area contributed by atoms with Crippen LogP contribution in [0.4, 0.5) is 0 Å². The molecule has 394 valence electrons. The largest absolute Gasteiger partial charge is 0.466 e. The Balaban J connectivity index is 3.43. The van der Waals surface area contributed by atoms with Crippen molar-refractivity contribution in [2.45, 2.75) is 328 Å². The number of hydrogen-bond donors (Lipinski definition) is 3. The molecule has 0 radical (unpaired) electrons. The highest BCUT2D eigenvalue weighted by molar-refractivity contribution is 5.76. The summed E-state index contributed by atoms with van der Waals surface area (Å²) in [6.07, 6.45) is 70.0. The van der Waals surface area contributed by atoms with Gasteiger partial charge in [0.1, 0.15) is 0 Å². The van der Waals surface area contributed by atoms with Gasteiger partial charge < -0.3 is 20.3 Å². The predicted molar refractivity (Wildman–Crippen MR) is 292 cm³/mol. The molecule has 67 heavy (non-hydrogen) atoms. The summed E-state index contributed by atoms with van der Waals surface area (Å²) in [5, 5.41) is 23.2. The van der Waals surface area contributed by atoms with Crippen LogP contribution >= 0.6 is 0 Å². The Kier molecular flexibility index (Phi) is 55.0. The Labute approximate surface area is 417 Å². The number of carbonyl (C=O) groups excluding carboxylic acids is 2. The molecule has 0 aromatic rings. The molecule has 2 atom stereocenters. The molecule has 3 N–H and O–H groups in total. The van der Waals surface area contributed by atoms with E-state index >= 15 is 0 Å². The predicted octanol–water partition coefficient (Wildman–Crippen LogP) is 18.4. The van der Waals surface area contributed by atoms with Gasteiger partial charge in [0.05, 0.1) is 25.4 Å². The summed E-state index contributed by atoms with van der Waals surface area (Å²) in [5.74, 6) is -0.0470. The minimum atomic E-state index is -0.670. The van der Waals surface area contributed by atoms with E-state index in [2.05, 4.69) is 55.6 Å². The molecule has 6 heteroatoms. The summed E-state index contributed by atoms with van der Waals surface area (Å²) in [4.78, 5) is 24.5. The summed E-state index contributed by atoms with van der Waals surface area (Å²) in [5.41, 5.74) is 0. The van der Waals surface area contributed by atoms with Crippen LogP contribution in [-0.4, -0.2) is 47.4 Å². The molecule has 2 unspecified atom stereocenters. The minimum Gasteiger partial charge on any atom is -0.466 e. The molecule has 0 bridgehead atoms. The zero-order valence-corrected chi connectivity index (χ0v) is 44.9. The molecule has 0 aromatic heterocycles. The number of esters is 1. The van der Waals surface area contributed by atoms with E-state index < -0.39 is 12.1 Å². The lowest BCUT2D eigenvalue weighted by atomic mass is 10.0. The summed E-state index contributed by atoms with van der Waals surface area (Å²) in [6, 6.07) is -0.548. The number of allylic oxidation sites excluding steroid dienone is 6. The summed E-state index contributed by atoms with van der Waals surface area (Å²) >= 11 is 0. The van der Waals surface area contributed by atoms with E-state index in [1.807, 2.05) is 0 Å². The minimum absolute atomic E-state index is 0.000516. The van der Waals surface area contributed by atoms with Crippen molar-refractivity contribution in [3.05, 3.63) is 36.5 Å². The van der Waals surface area contributed by atoms with E-state index in [0.717, 1.165) is 57.8 Å². The van der Waals surface area contributed by atoms with E-state index in [0.29, 0.717) is 25.9 Å². The van der Waals surface area contributed by atoms with Gasteiger partial charge in [-0.15, -0.1) is 0 Å². The van der Waals surface area contributed by atoms with E-state index in [9.17, 15) is 19.8 Å². The smallest absolute Gasteiger partial charge is 0.305 e. The molecular formula is C61H115NO5. The Morgan fingerprint density at radius 1 is 0.418 bits per heavy atom. The fourth-order valence-electron chi connectivity index (χ4n) is 9.08. The number of amides is 1. The van der Waals surface area contributed by atoms with Crippen molar-refractivity contribution in [1.29, 1.82) is 0 Å². The summed E-state index contributed by atoms with van der Waals surface area (Å²) in [7, 11) is 0. The number of aliphatic hydroxyl groups excluding tert-OH is 2. The lowest BCUT2D eigenvalue weighted by molar-refractivity contribution is -0.143. The second kappa shape index (κ2) is 56.7. The number of ether oxygens (including phenoxy) is 1. The van der Waals surface area contributed by atoms with Crippen molar-refractivity contribution in [3.63, 3.8) is 0 Å². The molecule has 0 aliphatic heterocycles. The summed E-state index contributed by atoms with van der Waals surface area (Å²) < 4.78 is 5.48. The highest BCUT2D eigenvalue weighted by Gasteiger charge is 2.20. The molecule has 6 nitrogen and oxygen atoms in total. The van der Waals surface area contributed by atoms with Crippen LogP contribution in [0.3, 0.4) is 0 Å². The van der Waals surface area contributed by atoms with Gasteiger partial charge in [0.2, 0.25) is 5.91 Å². The monoisotopic (exact) mass is 942 g/mol. The first-order valence-electron chi connectivity index (χ1n) is 29.7. The van der Waals surface area contributed by atoms with E-state index in [-0.39, 0.29) is 18.5 Å². The SMILES string of the molecule is CCCCCCCCC/C=C\CCCCCCCC(=O)OCCCCCCCCCCC/C=C\C/C=C\CCCCCCCCCC(=O)NC(CO)C(O)CCCCCCCCCCCCC. The third kappa shape index (κ3) is 53.3. The van der Waals surface area contributed by atoms with Gasteiger partial charge in [0.25, 0.3) is 0 Å². The molecule has 0 aromatic carbocycles. The first kappa shape index (κ1) is 65.1. The zero-order valence-electron chi connectivity index (χ0n) is 44.9. The molecular weight excluding hydrogens is 827 g/mol. The fourth-order valence-corrected chi connectivity index (χ4v) is 9.08. The van der Waals surface area contributed by atoms with Crippen molar-refractivity contribution < 1.29 is 24.5 Å². The van der Waals surface area contributed by atoms with Gasteiger partial charge in [0.15, 0.2) is 0 Å². The lowest BCUT2D eigenvalue weighted by Crippen LogP contribution is -2.45. The maximum Gasteiger partial charge on any atom is 0.305 e. The quantitative estimate of drug-likeness (QED) is 0.0321. The van der Waals surface area contributed by atoms with Gasteiger partial charge in [-0.25, -0.2) is 0 Å². The number of carbonyl (C=O) groups is 2. The maximum atomic E-state index is 12.4. The average Bonchev–Trinajstić information content (AvgIpc) is 3.33. The third-order valence-electron chi connectivity index (χ3n) is 13.7. The molecule has 0 saturated heterocycles. The van der Waals surface area contributed by atoms with Crippen LogP contribution in [0, 0.1) is 0 Å². The first-order valence-corrected chi connectivity index (χ1v) is 29.7. The lowest BCUT2D eigenvalue weighted by Gasteiger charge is -2.22. The third-order valence-corrected chi connectivity index (χ3v) is 13.7. The van der Waals surface area contributed by atoms with Gasteiger partial charge in [-0.05, 0) is 83.5 Å². The zero-order chi connectivity index (χ0) is 48.6. The van der Waals surface area contributed by atoms with Crippen molar-refractivity contribution in [2.75, 3.05) is 13.2 Å². The Morgan fingerprint density at radius 3 is 1.15 bits per heavy atom. The number of nitrogens with one attached hydrogen (secondary N) is 1. The molecule has 1 amide bonds. The molecule has 0 aliphatic rings. The first-order chi connectivity index (χ1) is 33.0. The van der Waals surface area contributed by atoms with Crippen LogP contribution in [0.15, 0.2) is 36.5 Å². The molecule has 0 fully saturated rings. The molecule has 0 spiro atoms. The highest BCUT2D eigenvalue weighted by Crippen LogP contribution is 2.16. The van der Waals surface area contributed by atoms with Crippen LogP contribution in [0.2, 0.25) is 0 Å². The molecule has 0 saturated carbocycles. The Bertz CT molecular complexity index is 1090. The van der Waals surface area contributed by atoms with Crippen LogP contribution in [0.1, 0.15) is 316 Å². The number of hydrogen-bond acceptors (Lipinski definition) is 5. The van der Waals surface area contributed by atoms with Crippen molar-refractivity contribution in [2.24, 2.45) is 0 Å². The number of aliphatic hydroxyl groups is 2. The number of unbranched alkanes of at least 4 members (excludes halogenated alkanes) is 38. The van der Waals surface area contributed by atoms with Gasteiger partial charge in [-0.2, -0.15) is 0 Å².